The van der Waals surface area contributed by atoms with E-state index in [1.807, 2.05) is 0 Å². The van der Waals surface area contributed by atoms with E-state index in [2.05, 4.69) is 34.6 Å². The van der Waals surface area contributed by atoms with E-state index in [4.69, 9.17) is 37.0 Å². The Balaban J connectivity index is 5.22. The van der Waals surface area contributed by atoms with E-state index < -0.39 is 97.5 Å². The summed E-state index contributed by atoms with van der Waals surface area (Å²) in [4.78, 5) is 72.7. The summed E-state index contributed by atoms with van der Waals surface area (Å²) in [6.07, 6.45) is 56.8. The van der Waals surface area contributed by atoms with Crippen LogP contribution in [0.15, 0.2) is 0 Å². The second-order valence-electron chi connectivity index (χ2n) is 27.5. The molecule has 0 amide bonds. The summed E-state index contributed by atoms with van der Waals surface area (Å²) in [5, 5.41) is 10.6. The normalized spacial score (nSPS) is 14.0. The van der Waals surface area contributed by atoms with Crippen molar-refractivity contribution in [2.45, 2.75) is 412 Å². The standard InChI is InChI=1S/C75H146O17P2/c1-6-9-12-15-18-21-24-26-27-28-29-30-31-33-35-40-45-50-55-60-74(79)91-70(65-86-73(78)59-54-49-44-39-34-32-25-22-19-16-13-10-7-2)66-89-93(81,82)87-62-69(76)63-88-94(83,84)90-67-71(64-85-72(77)58-53-48-43-38-23-20-17-14-11-8-3)92-75(80)61-56-51-46-41-36-37-42-47-52-57-68(4)5/h68-71,76H,6-67H2,1-5H3,(H,81,82)(H,83,84)/t69-,70-,71-/m1/s1. The Bertz CT molecular complexity index is 1810. The van der Waals surface area contributed by atoms with Gasteiger partial charge in [0.05, 0.1) is 26.4 Å². The number of phosphoric acid groups is 2. The molecule has 2 unspecified atom stereocenters. The number of hydrogen-bond acceptors (Lipinski definition) is 15. The van der Waals surface area contributed by atoms with E-state index >= 15 is 0 Å². The van der Waals surface area contributed by atoms with Crippen LogP contribution in [0.2, 0.25) is 0 Å². The maximum atomic E-state index is 13.1. The third kappa shape index (κ3) is 68.6. The first kappa shape index (κ1) is 92.1. The van der Waals surface area contributed by atoms with Crippen molar-refractivity contribution in [1.82, 2.24) is 0 Å². The second kappa shape index (κ2) is 68.2. The van der Waals surface area contributed by atoms with Gasteiger partial charge in [0.15, 0.2) is 12.2 Å². The van der Waals surface area contributed by atoms with Gasteiger partial charge in [-0.05, 0) is 31.6 Å². The molecule has 17 nitrogen and oxygen atoms in total. The fourth-order valence-corrected chi connectivity index (χ4v) is 13.1. The Morgan fingerprint density at radius 1 is 0.287 bits per heavy atom. The molecular weight excluding hydrogens is 1230 g/mol. The molecule has 0 rings (SSSR count). The van der Waals surface area contributed by atoms with E-state index in [1.165, 1.54) is 218 Å². The molecule has 0 aliphatic rings. The van der Waals surface area contributed by atoms with Crippen LogP contribution in [-0.2, 0) is 65.4 Å². The fourth-order valence-electron chi connectivity index (χ4n) is 11.5. The Kier molecular flexibility index (Phi) is 66.8. The van der Waals surface area contributed by atoms with Crippen molar-refractivity contribution < 1.29 is 80.2 Å². The number of ether oxygens (including phenoxy) is 4. The van der Waals surface area contributed by atoms with Crippen LogP contribution in [0.3, 0.4) is 0 Å². The number of phosphoric ester groups is 2. The molecule has 19 heteroatoms. The Labute approximate surface area is 575 Å². The smallest absolute Gasteiger partial charge is 0.462 e. The lowest BCUT2D eigenvalue weighted by molar-refractivity contribution is -0.161. The lowest BCUT2D eigenvalue weighted by Crippen LogP contribution is -2.30. The van der Waals surface area contributed by atoms with Gasteiger partial charge in [0.1, 0.15) is 19.3 Å². The molecule has 94 heavy (non-hydrogen) atoms. The minimum atomic E-state index is -4.96. The molecule has 0 fully saturated rings. The van der Waals surface area contributed by atoms with Gasteiger partial charge in [-0.3, -0.25) is 37.3 Å². The topological polar surface area (TPSA) is 237 Å². The average Bonchev–Trinajstić information content (AvgIpc) is 1.51. The molecule has 0 aromatic carbocycles. The number of carbonyl (C=O) groups excluding carboxylic acids is 4. The van der Waals surface area contributed by atoms with E-state index in [-0.39, 0.29) is 25.7 Å². The monoisotopic (exact) mass is 1380 g/mol. The molecule has 0 saturated carbocycles. The van der Waals surface area contributed by atoms with Gasteiger partial charge < -0.3 is 33.8 Å². The van der Waals surface area contributed by atoms with Crippen molar-refractivity contribution in [2.75, 3.05) is 39.6 Å². The summed E-state index contributed by atoms with van der Waals surface area (Å²) in [6, 6.07) is 0. The molecule has 3 N–H and O–H groups in total. The summed E-state index contributed by atoms with van der Waals surface area (Å²) in [5.41, 5.74) is 0. The third-order valence-corrected chi connectivity index (χ3v) is 19.4. The maximum absolute atomic E-state index is 13.1. The molecule has 0 aliphatic carbocycles. The molecule has 0 saturated heterocycles. The van der Waals surface area contributed by atoms with Crippen LogP contribution >= 0.6 is 15.6 Å². The Morgan fingerprint density at radius 2 is 0.489 bits per heavy atom. The van der Waals surface area contributed by atoms with Crippen LogP contribution < -0.4 is 0 Å². The number of aliphatic hydroxyl groups excluding tert-OH is 1. The number of carbonyl (C=O) groups is 4. The number of aliphatic hydroxyl groups is 1. The molecule has 0 aliphatic heterocycles. The van der Waals surface area contributed by atoms with E-state index in [9.17, 15) is 43.2 Å². The van der Waals surface area contributed by atoms with Crippen LogP contribution in [0.25, 0.3) is 0 Å². The number of unbranched alkanes of at least 4 members (excludes halogenated alkanes) is 47. The predicted octanol–water partition coefficient (Wildman–Crippen LogP) is 22.1. The number of hydrogen-bond donors (Lipinski definition) is 3. The van der Waals surface area contributed by atoms with Gasteiger partial charge in [-0.25, -0.2) is 9.13 Å². The molecular formula is C75H146O17P2. The first-order chi connectivity index (χ1) is 45.5. The van der Waals surface area contributed by atoms with Crippen molar-refractivity contribution in [2.24, 2.45) is 5.92 Å². The van der Waals surface area contributed by atoms with Gasteiger partial charge in [-0.2, -0.15) is 0 Å². The first-order valence-corrected chi connectivity index (χ1v) is 42.1. The molecule has 0 spiro atoms. The van der Waals surface area contributed by atoms with Gasteiger partial charge in [0, 0.05) is 25.7 Å². The van der Waals surface area contributed by atoms with Crippen molar-refractivity contribution in [1.29, 1.82) is 0 Å². The van der Waals surface area contributed by atoms with Gasteiger partial charge >= 0.3 is 39.5 Å². The minimum absolute atomic E-state index is 0.106. The summed E-state index contributed by atoms with van der Waals surface area (Å²) in [5.74, 6) is -1.38. The van der Waals surface area contributed by atoms with Crippen molar-refractivity contribution in [3.63, 3.8) is 0 Å². The number of rotatable bonds is 75. The molecule has 0 aromatic rings. The van der Waals surface area contributed by atoms with Crippen LogP contribution in [0.1, 0.15) is 394 Å². The van der Waals surface area contributed by atoms with E-state index in [1.54, 1.807) is 0 Å². The van der Waals surface area contributed by atoms with Crippen molar-refractivity contribution in [3.05, 3.63) is 0 Å². The summed E-state index contributed by atoms with van der Waals surface area (Å²) >= 11 is 0. The molecule has 0 bridgehead atoms. The van der Waals surface area contributed by atoms with Crippen LogP contribution in [-0.4, -0.2) is 96.7 Å². The molecule has 558 valence electrons. The zero-order valence-electron chi connectivity index (χ0n) is 61.1. The van der Waals surface area contributed by atoms with Crippen LogP contribution in [0, 0.1) is 5.92 Å². The van der Waals surface area contributed by atoms with Gasteiger partial charge in [-0.1, -0.05) is 343 Å². The molecule has 0 radical (unpaired) electrons. The second-order valence-corrected chi connectivity index (χ2v) is 30.4. The van der Waals surface area contributed by atoms with Crippen LogP contribution in [0.5, 0.6) is 0 Å². The van der Waals surface area contributed by atoms with Crippen molar-refractivity contribution in [3.8, 4) is 0 Å². The Morgan fingerprint density at radius 3 is 0.723 bits per heavy atom. The van der Waals surface area contributed by atoms with E-state index in [0.29, 0.717) is 25.7 Å². The third-order valence-electron chi connectivity index (χ3n) is 17.5. The quantitative estimate of drug-likeness (QED) is 0.0222. The van der Waals surface area contributed by atoms with E-state index in [0.717, 1.165) is 95.8 Å². The summed E-state index contributed by atoms with van der Waals surface area (Å²) in [7, 11) is -9.91. The highest BCUT2D eigenvalue weighted by Gasteiger charge is 2.30. The zero-order chi connectivity index (χ0) is 69.1. The SMILES string of the molecule is CCCCCCCCCCCCCCCCCCCCCC(=O)O[C@H](COC(=O)CCCCCCCCCCCCCCC)COP(=O)(O)OC[C@@H](O)COP(=O)(O)OC[C@@H](COC(=O)CCCCCCCCCCCC)OC(=O)CCCCCCCCCCCC(C)C. The Hall–Kier alpha value is -1.94. The lowest BCUT2D eigenvalue weighted by atomic mass is 10.0. The average molecular weight is 1380 g/mol. The summed E-state index contributed by atoms with van der Waals surface area (Å²) < 4.78 is 68.5. The highest BCUT2D eigenvalue weighted by Crippen LogP contribution is 2.45. The first-order valence-electron chi connectivity index (χ1n) is 39.1. The van der Waals surface area contributed by atoms with Gasteiger partial charge in [0.2, 0.25) is 0 Å². The minimum Gasteiger partial charge on any atom is -0.462 e. The molecule has 0 heterocycles. The largest absolute Gasteiger partial charge is 0.472 e. The highest BCUT2D eigenvalue weighted by molar-refractivity contribution is 7.47. The molecule has 5 atom stereocenters. The highest BCUT2D eigenvalue weighted by atomic mass is 31.2. The maximum Gasteiger partial charge on any atom is 0.472 e. The fraction of sp³-hybridized carbons (Fsp3) is 0.947. The van der Waals surface area contributed by atoms with Gasteiger partial charge in [-0.15, -0.1) is 0 Å². The summed E-state index contributed by atoms with van der Waals surface area (Å²) in [6.45, 7) is 7.26. The van der Waals surface area contributed by atoms with Crippen molar-refractivity contribution >= 4 is 39.5 Å². The lowest BCUT2D eigenvalue weighted by Gasteiger charge is -2.21. The number of esters is 4. The zero-order valence-corrected chi connectivity index (χ0v) is 62.9. The predicted molar refractivity (Wildman–Crippen MR) is 382 cm³/mol. The van der Waals surface area contributed by atoms with Crippen LogP contribution in [0.4, 0.5) is 0 Å². The van der Waals surface area contributed by atoms with Gasteiger partial charge in [0.25, 0.3) is 0 Å². The molecule has 0 aromatic heterocycles.